The van der Waals surface area contributed by atoms with Crippen molar-refractivity contribution in [2.45, 2.75) is 19.6 Å². The molecule has 1 unspecified atom stereocenters. The zero-order valence-electron chi connectivity index (χ0n) is 17.8. The Hall–Kier alpha value is -1.88. The van der Waals surface area contributed by atoms with Crippen molar-refractivity contribution in [1.82, 2.24) is 10.6 Å². The van der Waals surface area contributed by atoms with Gasteiger partial charge in [0.1, 0.15) is 18.5 Å². The molecule has 31 heavy (non-hydrogen) atoms. The highest BCUT2D eigenvalue weighted by molar-refractivity contribution is 14.0. The first-order chi connectivity index (χ1) is 14.7. The molecular weight excluding hydrogens is 525 g/mol. The van der Waals surface area contributed by atoms with Gasteiger partial charge < -0.3 is 25.2 Å². The number of guanidine groups is 1. The van der Waals surface area contributed by atoms with Gasteiger partial charge in [0.15, 0.2) is 5.96 Å². The maximum Gasteiger partial charge on any atom is 0.191 e. The Kier molecular flexibility index (Phi) is 11.1. The summed E-state index contributed by atoms with van der Waals surface area (Å²) in [5.41, 5.74) is 1.08. The number of aliphatic imine (C=N–C) groups is 1. The number of fused-ring (bicyclic) bond motifs is 1. The van der Waals surface area contributed by atoms with E-state index in [-0.39, 0.29) is 24.0 Å². The van der Waals surface area contributed by atoms with E-state index >= 15 is 0 Å². The van der Waals surface area contributed by atoms with Crippen LogP contribution in [-0.4, -0.2) is 44.5 Å². The summed E-state index contributed by atoms with van der Waals surface area (Å²) < 4.78 is 11.7. The Labute approximate surface area is 204 Å². The molecule has 0 amide bonds. The van der Waals surface area contributed by atoms with Gasteiger partial charge in [0.25, 0.3) is 0 Å². The van der Waals surface area contributed by atoms with Crippen LogP contribution in [0.4, 0.5) is 0 Å². The molecule has 6 nitrogen and oxygen atoms in total. The van der Waals surface area contributed by atoms with Crippen LogP contribution in [0.1, 0.15) is 23.5 Å². The molecule has 1 heterocycles. The molecule has 0 spiro atoms. The zero-order chi connectivity index (χ0) is 21.2. The van der Waals surface area contributed by atoms with Crippen molar-refractivity contribution in [3.05, 3.63) is 65.0 Å². The SMILES string of the molecule is CCNC(=NCc1ccc(OCCOC)cc1)NCC(O)c1cc2ccccc2s1.I. The number of aliphatic hydroxyl groups excluding tert-OH is 1. The Morgan fingerprint density at radius 2 is 1.87 bits per heavy atom. The number of benzene rings is 2. The highest BCUT2D eigenvalue weighted by Crippen LogP contribution is 2.29. The third kappa shape index (κ3) is 7.95. The monoisotopic (exact) mass is 555 g/mol. The van der Waals surface area contributed by atoms with Gasteiger partial charge in [0.05, 0.1) is 13.2 Å². The van der Waals surface area contributed by atoms with Crippen LogP contribution in [0.5, 0.6) is 5.75 Å². The molecule has 0 aliphatic heterocycles. The zero-order valence-corrected chi connectivity index (χ0v) is 21.0. The molecule has 168 valence electrons. The largest absolute Gasteiger partial charge is 0.491 e. The summed E-state index contributed by atoms with van der Waals surface area (Å²) in [6.07, 6.45) is -0.588. The predicted octanol–water partition coefficient (Wildman–Crippen LogP) is 4.33. The topological polar surface area (TPSA) is 75.1 Å². The van der Waals surface area contributed by atoms with Gasteiger partial charge in [0, 0.05) is 29.8 Å². The molecule has 1 aromatic heterocycles. The molecule has 0 aliphatic carbocycles. The maximum absolute atomic E-state index is 10.6. The number of nitrogens with one attached hydrogen (secondary N) is 2. The summed E-state index contributed by atoms with van der Waals surface area (Å²) >= 11 is 1.62. The smallest absolute Gasteiger partial charge is 0.191 e. The number of hydrogen-bond donors (Lipinski definition) is 3. The van der Waals surface area contributed by atoms with Gasteiger partial charge >= 0.3 is 0 Å². The lowest BCUT2D eigenvalue weighted by molar-refractivity contribution is 0.146. The third-order valence-corrected chi connectivity index (χ3v) is 5.70. The standard InChI is InChI=1S/C23H29N3O3S.HI/c1-3-24-23(25-15-17-8-10-19(11-9-17)29-13-12-28-2)26-16-20(27)22-14-18-6-4-5-7-21(18)30-22;/h4-11,14,20,27H,3,12-13,15-16H2,1-2H3,(H2,24,25,26);1H. The fourth-order valence-electron chi connectivity index (χ4n) is 2.91. The number of hydrogen-bond acceptors (Lipinski definition) is 5. The lowest BCUT2D eigenvalue weighted by Crippen LogP contribution is -2.39. The Bertz CT molecular complexity index is 914. The highest BCUT2D eigenvalue weighted by Gasteiger charge is 2.12. The molecule has 0 radical (unpaired) electrons. The van der Waals surface area contributed by atoms with Crippen LogP contribution in [0.25, 0.3) is 10.1 Å². The molecule has 0 saturated carbocycles. The minimum absolute atomic E-state index is 0. The van der Waals surface area contributed by atoms with Crippen LogP contribution in [0.3, 0.4) is 0 Å². The van der Waals surface area contributed by atoms with Crippen LogP contribution in [-0.2, 0) is 11.3 Å². The minimum atomic E-state index is -0.588. The average Bonchev–Trinajstić information content (AvgIpc) is 3.21. The van der Waals surface area contributed by atoms with Crippen molar-refractivity contribution in [3.63, 3.8) is 0 Å². The van der Waals surface area contributed by atoms with Crippen molar-refractivity contribution in [2.24, 2.45) is 4.99 Å². The number of halogens is 1. The molecule has 1 atom stereocenters. The van der Waals surface area contributed by atoms with E-state index in [2.05, 4.69) is 27.8 Å². The molecule has 0 fully saturated rings. The van der Waals surface area contributed by atoms with Gasteiger partial charge in [-0.05, 0) is 42.1 Å². The third-order valence-electron chi connectivity index (χ3n) is 4.48. The van der Waals surface area contributed by atoms with Crippen molar-refractivity contribution in [3.8, 4) is 5.75 Å². The molecule has 0 saturated heterocycles. The molecule has 0 bridgehead atoms. The van der Waals surface area contributed by atoms with Gasteiger partial charge in [-0.15, -0.1) is 35.3 Å². The van der Waals surface area contributed by atoms with E-state index in [4.69, 9.17) is 9.47 Å². The summed E-state index contributed by atoms with van der Waals surface area (Å²) in [5.74, 6) is 1.49. The number of aliphatic hydroxyl groups is 1. The van der Waals surface area contributed by atoms with E-state index in [1.54, 1.807) is 18.4 Å². The summed E-state index contributed by atoms with van der Waals surface area (Å²) in [7, 11) is 1.65. The summed E-state index contributed by atoms with van der Waals surface area (Å²) in [5, 5.41) is 18.2. The van der Waals surface area contributed by atoms with E-state index in [1.165, 1.54) is 4.70 Å². The Morgan fingerprint density at radius 1 is 1.10 bits per heavy atom. The van der Waals surface area contributed by atoms with Gasteiger partial charge in [-0.3, -0.25) is 0 Å². The summed E-state index contributed by atoms with van der Waals surface area (Å²) in [6, 6.07) is 18.1. The van der Waals surface area contributed by atoms with Crippen LogP contribution in [0, 0.1) is 0 Å². The van der Waals surface area contributed by atoms with Crippen molar-refractivity contribution in [2.75, 3.05) is 33.4 Å². The minimum Gasteiger partial charge on any atom is -0.491 e. The van der Waals surface area contributed by atoms with E-state index in [0.29, 0.717) is 32.3 Å². The number of nitrogens with zero attached hydrogens (tertiary/aromatic N) is 1. The van der Waals surface area contributed by atoms with Gasteiger partial charge in [-0.1, -0.05) is 30.3 Å². The number of thiophene rings is 1. The molecular formula is C23H30IN3O3S. The molecule has 0 aliphatic rings. The second-order valence-electron chi connectivity index (χ2n) is 6.76. The predicted molar refractivity (Wildman–Crippen MR) is 139 cm³/mol. The van der Waals surface area contributed by atoms with Gasteiger partial charge in [0.2, 0.25) is 0 Å². The second kappa shape index (κ2) is 13.5. The van der Waals surface area contributed by atoms with Crippen LogP contribution in [0.15, 0.2) is 59.6 Å². The molecule has 3 rings (SSSR count). The van der Waals surface area contributed by atoms with E-state index in [1.807, 2.05) is 49.4 Å². The summed E-state index contributed by atoms with van der Waals surface area (Å²) in [6.45, 7) is 4.79. The first kappa shape index (κ1) is 25.4. The van der Waals surface area contributed by atoms with E-state index in [0.717, 1.165) is 28.1 Å². The van der Waals surface area contributed by atoms with E-state index < -0.39 is 6.10 Å². The van der Waals surface area contributed by atoms with Gasteiger partial charge in [-0.2, -0.15) is 0 Å². The fourth-order valence-corrected chi connectivity index (χ4v) is 3.96. The van der Waals surface area contributed by atoms with Crippen LogP contribution >= 0.6 is 35.3 Å². The van der Waals surface area contributed by atoms with Crippen LogP contribution < -0.4 is 15.4 Å². The molecule has 8 heteroatoms. The maximum atomic E-state index is 10.6. The molecule has 2 aromatic carbocycles. The number of ether oxygens (including phenoxy) is 2. The lowest BCUT2D eigenvalue weighted by atomic mass is 10.2. The number of methoxy groups -OCH3 is 1. The average molecular weight is 555 g/mol. The fraction of sp³-hybridized carbons (Fsp3) is 0.348. The Morgan fingerprint density at radius 3 is 2.58 bits per heavy atom. The number of rotatable bonds is 10. The van der Waals surface area contributed by atoms with Crippen molar-refractivity contribution >= 4 is 51.4 Å². The quantitative estimate of drug-likeness (QED) is 0.150. The second-order valence-corrected chi connectivity index (χ2v) is 7.88. The highest BCUT2D eigenvalue weighted by atomic mass is 127. The first-order valence-corrected chi connectivity index (χ1v) is 10.9. The first-order valence-electron chi connectivity index (χ1n) is 10.1. The molecule has 3 aromatic rings. The lowest BCUT2D eigenvalue weighted by Gasteiger charge is -2.14. The van der Waals surface area contributed by atoms with Crippen LogP contribution in [0.2, 0.25) is 0 Å². The van der Waals surface area contributed by atoms with E-state index in [9.17, 15) is 5.11 Å². The molecule has 3 N–H and O–H groups in total. The normalized spacial score (nSPS) is 12.3. The van der Waals surface area contributed by atoms with Gasteiger partial charge in [-0.25, -0.2) is 4.99 Å². The van der Waals surface area contributed by atoms with Crippen molar-refractivity contribution < 1.29 is 14.6 Å². The Balaban J connectivity index is 0.00000341. The van der Waals surface area contributed by atoms with Crippen molar-refractivity contribution in [1.29, 1.82) is 0 Å². The summed E-state index contributed by atoms with van der Waals surface area (Å²) in [4.78, 5) is 5.57.